The van der Waals surface area contributed by atoms with E-state index < -0.39 is 10.0 Å². The summed E-state index contributed by atoms with van der Waals surface area (Å²) in [4.78, 5) is 0. The number of rotatable bonds is 5. The van der Waals surface area contributed by atoms with Crippen molar-refractivity contribution in [2.45, 2.75) is 33.4 Å². The Kier molecular flexibility index (Phi) is 4.54. The van der Waals surface area contributed by atoms with Gasteiger partial charge in [-0.05, 0) is 38.5 Å². The van der Waals surface area contributed by atoms with Crippen molar-refractivity contribution in [3.63, 3.8) is 0 Å². The maximum Gasteiger partial charge on any atom is 0.235 e. The van der Waals surface area contributed by atoms with Crippen molar-refractivity contribution in [2.24, 2.45) is 5.73 Å². The molecule has 0 fully saturated rings. The highest BCUT2D eigenvalue weighted by molar-refractivity contribution is 7.92. The summed E-state index contributed by atoms with van der Waals surface area (Å²) in [6, 6.07) is 7.22. The van der Waals surface area contributed by atoms with Crippen LogP contribution in [0.15, 0.2) is 24.3 Å². The van der Waals surface area contributed by atoms with Crippen LogP contribution in [0, 0.1) is 0 Å². The minimum Gasteiger partial charge on any atom is -0.326 e. The highest BCUT2D eigenvalue weighted by Gasteiger charge is 2.23. The van der Waals surface area contributed by atoms with Crippen LogP contribution in [0.1, 0.15) is 26.3 Å². The molecule has 17 heavy (non-hydrogen) atoms. The fraction of sp³-hybridized carbons (Fsp3) is 0.500. The number of nitrogens with zero attached hydrogens (tertiary/aromatic N) is 1. The van der Waals surface area contributed by atoms with Crippen LogP contribution in [-0.4, -0.2) is 20.2 Å². The first kappa shape index (κ1) is 14.0. The summed E-state index contributed by atoms with van der Waals surface area (Å²) in [7, 11) is -3.23. The molecular formula is C12H20N2O2S. The Morgan fingerprint density at radius 1 is 1.24 bits per heavy atom. The summed E-state index contributed by atoms with van der Waals surface area (Å²) in [6.07, 6.45) is 0. The van der Waals surface area contributed by atoms with Gasteiger partial charge in [-0.25, -0.2) is 8.42 Å². The average Bonchev–Trinajstić information content (AvgIpc) is 2.29. The van der Waals surface area contributed by atoms with Crippen LogP contribution < -0.4 is 10.0 Å². The van der Waals surface area contributed by atoms with E-state index in [1.54, 1.807) is 19.1 Å². The van der Waals surface area contributed by atoms with Gasteiger partial charge in [-0.15, -0.1) is 0 Å². The monoisotopic (exact) mass is 256 g/mol. The Morgan fingerprint density at radius 2 is 1.76 bits per heavy atom. The molecule has 2 N–H and O–H groups in total. The van der Waals surface area contributed by atoms with Crippen molar-refractivity contribution >= 4 is 15.7 Å². The average molecular weight is 256 g/mol. The topological polar surface area (TPSA) is 63.4 Å². The molecule has 1 aromatic rings. The fourth-order valence-corrected chi connectivity index (χ4v) is 3.06. The van der Waals surface area contributed by atoms with Crippen LogP contribution in [0.2, 0.25) is 0 Å². The first-order chi connectivity index (χ1) is 7.92. The Bertz CT molecular complexity index is 452. The molecule has 1 rings (SSSR count). The van der Waals surface area contributed by atoms with E-state index in [1.165, 1.54) is 4.31 Å². The molecular weight excluding hydrogens is 236 g/mol. The van der Waals surface area contributed by atoms with Crippen molar-refractivity contribution in [1.29, 1.82) is 0 Å². The standard InChI is InChI=1S/C12H20N2O2S/c1-4-17(15,16)14(10(2)3)12-7-5-11(9-13)6-8-12/h5-8,10H,4,9,13H2,1-3H3. The first-order valence-corrected chi connectivity index (χ1v) is 7.34. The summed E-state index contributed by atoms with van der Waals surface area (Å²) in [6.45, 7) is 5.84. The molecule has 0 spiro atoms. The fourth-order valence-electron chi connectivity index (χ4n) is 1.70. The molecule has 0 bridgehead atoms. The van der Waals surface area contributed by atoms with Crippen molar-refractivity contribution in [3.05, 3.63) is 29.8 Å². The lowest BCUT2D eigenvalue weighted by atomic mass is 10.2. The van der Waals surface area contributed by atoms with E-state index in [9.17, 15) is 8.42 Å². The summed E-state index contributed by atoms with van der Waals surface area (Å²) in [5.74, 6) is 0.101. The maximum absolute atomic E-state index is 12.0. The lowest BCUT2D eigenvalue weighted by Crippen LogP contribution is -2.38. The van der Waals surface area contributed by atoms with Crippen molar-refractivity contribution in [3.8, 4) is 0 Å². The second-order valence-corrected chi connectivity index (χ2v) is 6.30. The normalized spacial score (nSPS) is 11.8. The molecule has 0 saturated carbocycles. The minimum atomic E-state index is -3.23. The summed E-state index contributed by atoms with van der Waals surface area (Å²) in [5.41, 5.74) is 7.20. The van der Waals surface area contributed by atoms with Gasteiger partial charge in [0.1, 0.15) is 0 Å². The Morgan fingerprint density at radius 3 is 2.12 bits per heavy atom. The zero-order valence-corrected chi connectivity index (χ0v) is 11.4. The van der Waals surface area contributed by atoms with E-state index in [4.69, 9.17) is 5.73 Å². The first-order valence-electron chi connectivity index (χ1n) is 5.73. The van der Waals surface area contributed by atoms with E-state index in [1.807, 2.05) is 26.0 Å². The van der Waals surface area contributed by atoms with Crippen molar-refractivity contribution < 1.29 is 8.42 Å². The molecule has 0 aliphatic heterocycles. The highest BCUT2D eigenvalue weighted by Crippen LogP contribution is 2.21. The van der Waals surface area contributed by atoms with Gasteiger partial charge in [-0.1, -0.05) is 12.1 Å². The Hall–Kier alpha value is -1.07. The van der Waals surface area contributed by atoms with E-state index in [2.05, 4.69) is 0 Å². The van der Waals surface area contributed by atoms with Gasteiger partial charge in [0.2, 0.25) is 10.0 Å². The lowest BCUT2D eigenvalue weighted by Gasteiger charge is -2.27. The molecule has 0 aromatic heterocycles. The van der Waals surface area contributed by atoms with Gasteiger partial charge in [0.15, 0.2) is 0 Å². The summed E-state index contributed by atoms with van der Waals surface area (Å²) in [5, 5.41) is 0. The predicted molar refractivity (Wildman–Crippen MR) is 71.4 cm³/mol. The van der Waals surface area contributed by atoms with Crippen LogP contribution >= 0.6 is 0 Å². The molecule has 0 saturated heterocycles. The van der Waals surface area contributed by atoms with Gasteiger partial charge in [-0.3, -0.25) is 4.31 Å². The number of sulfonamides is 1. The SMILES string of the molecule is CCS(=O)(=O)N(c1ccc(CN)cc1)C(C)C. The van der Waals surface area contributed by atoms with Gasteiger partial charge >= 0.3 is 0 Å². The largest absolute Gasteiger partial charge is 0.326 e. The van der Waals surface area contributed by atoms with E-state index in [0.717, 1.165) is 5.56 Å². The number of hydrogen-bond donors (Lipinski definition) is 1. The molecule has 0 aliphatic rings. The molecule has 0 amide bonds. The zero-order chi connectivity index (χ0) is 13.1. The Balaban J connectivity index is 3.15. The molecule has 0 heterocycles. The van der Waals surface area contributed by atoms with E-state index in [0.29, 0.717) is 12.2 Å². The van der Waals surface area contributed by atoms with Crippen LogP contribution in [0.3, 0.4) is 0 Å². The number of hydrogen-bond acceptors (Lipinski definition) is 3. The summed E-state index contributed by atoms with van der Waals surface area (Å²) >= 11 is 0. The van der Waals surface area contributed by atoms with Crippen LogP contribution in [0.25, 0.3) is 0 Å². The maximum atomic E-state index is 12.0. The number of anilines is 1. The second-order valence-electron chi connectivity index (χ2n) is 4.16. The molecule has 1 aromatic carbocycles. The van der Waals surface area contributed by atoms with Crippen LogP contribution in [0.4, 0.5) is 5.69 Å². The molecule has 5 heteroatoms. The molecule has 96 valence electrons. The third-order valence-electron chi connectivity index (χ3n) is 2.56. The number of benzene rings is 1. The van der Waals surface area contributed by atoms with E-state index in [-0.39, 0.29) is 11.8 Å². The van der Waals surface area contributed by atoms with Gasteiger partial charge in [0, 0.05) is 12.6 Å². The molecule has 0 radical (unpaired) electrons. The highest BCUT2D eigenvalue weighted by atomic mass is 32.2. The lowest BCUT2D eigenvalue weighted by molar-refractivity contribution is 0.585. The predicted octanol–water partition coefficient (Wildman–Crippen LogP) is 1.71. The van der Waals surface area contributed by atoms with Crippen molar-refractivity contribution in [2.75, 3.05) is 10.1 Å². The zero-order valence-electron chi connectivity index (χ0n) is 10.6. The Labute approximate surface area is 103 Å². The molecule has 0 unspecified atom stereocenters. The van der Waals surface area contributed by atoms with Gasteiger partial charge in [-0.2, -0.15) is 0 Å². The van der Waals surface area contributed by atoms with E-state index >= 15 is 0 Å². The molecule has 0 aliphatic carbocycles. The number of nitrogens with two attached hydrogens (primary N) is 1. The molecule has 0 atom stereocenters. The van der Waals surface area contributed by atoms with Gasteiger partial charge in [0.05, 0.1) is 11.4 Å². The van der Waals surface area contributed by atoms with Gasteiger partial charge < -0.3 is 5.73 Å². The third-order valence-corrected chi connectivity index (χ3v) is 4.52. The van der Waals surface area contributed by atoms with Crippen LogP contribution in [-0.2, 0) is 16.6 Å². The third kappa shape index (κ3) is 3.20. The second kappa shape index (κ2) is 5.51. The minimum absolute atomic E-state index is 0.0938. The smallest absolute Gasteiger partial charge is 0.235 e. The quantitative estimate of drug-likeness (QED) is 0.872. The van der Waals surface area contributed by atoms with Crippen LogP contribution in [0.5, 0.6) is 0 Å². The van der Waals surface area contributed by atoms with Gasteiger partial charge in [0.25, 0.3) is 0 Å². The molecule has 4 nitrogen and oxygen atoms in total. The summed E-state index contributed by atoms with van der Waals surface area (Å²) < 4.78 is 25.4. The van der Waals surface area contributed by atoms with Crippen molar-refractivity contribution in [1.82, 2.24) is 0 Å².